The molecule has 0 bridgehead atoms. The minimum absolute atomic E-state index is 0.0309. The standard InChI is InChI=1S/C18H22N4O4S/c1-2-21-11-15-17(18(23)19-10-13-6-5-9-26-13)20-12-22(15)14-7-3-4-8-16(14)27(21,24)25/h3-4,7-8,12-13H,2,5-6,9-11H2,1H3,(H,19,23). The third-order valence-electron chi connectivity index (χ3n) is 5.02. The molecule has 8 nitrogen and oxygen atoms in total. The smallest absolute Gasteiger partial charge is 0.271 e. The van der Waals surface area contributed by atoms with Crippen molar-refractivity contribution in [3.8, 4) is 5.69 Å². The van der Waals surface area contributed by atoms with Gasteiger partial charge in [-0.05, 0) is 25.0 Å². The van der Waals surface area contributed by atoms with Crippen molar-refractivity contribution in [3.05, 3.63) is 42.0 Å². The molecule has 144 valence electrons. The second kappa shape index (κ2) is 7.06. The van der Waals surface area contributed by atoms with Crippen LogP contribution < -0.4 is 5.32 Å². The quantitative estimate of drug-likeness (QED) is 0.849. The van der Waals surface area contributed by atoms with Crippen molar-refractivity contribution in [1.82, 2.24) is 19.2 Å². The highest BCUT2D eigenvalue weighted by molar-refractivity contribution is 7.89. The van der Waals surface area contributed by atoms with E-state index in [1.807, 2.05) is 0 Å². The number of para-hydroxylation sites is 1. The second-order valence-corrected chi connectivity index (χ2v) is 8.56. The number of ether oxygens (including phenoxy) is 1. The predicted molar refractivity (Wildman–Crippen MR) is 98.1 cm³/mol. The SMILES string of the molecule is CCN1Cc2c(C(=O)NCC3CCCO3)ncn2-c2ccccc2S1(=O)=O. The van der Waals surface area contributed by atoms with E-state index in [0.717, 1.165) is 19.4 Å². The Balaban J connectivity index is 1.71. The van der Waals surface area contributed by atoms with Crippen molar-refractivity contribution in [1.29, 1.82) is 0 Å². The van der Waals surface area contributed by atoms with E-state index in [-0.39, 0.29) is 29.1 Å². The van der Waals surface area contributed by atoms with Crippen LogP contribution in [-0.4, -0.2) is 54.0 Å². The number of carbonyl (C=O) groups is 1. The Hall–Kier alpha value is -2.23. The van der Waals surface area contributed by atoms with Crippen LogP contribution in [0.5, 0.6) is 0 Å². The molecule has 27 heavy (non-hydrogen) atoms. The summed E-state index contributed by atoms with van der Waals surface area (Å²) in [5.74, 6) is -0.313. The van der Waals surface area contributed by atoms with Gasteiger partial charge < -0.3 is 10.1 Å². The number of fused-ring (bicyclic) bond motifs is 3. The Labute approximate surface area is 158 Å². The summed E-state index contributed by atoms with van der Waals surface area (Å²) in [7, 11) is -3.64. The maximum atomic E-state index is 13.0. The van der Waals surface area contributed by atoms with Crippen molar-refractivity contribution in [2.75, 3.05) is 19.7 Å². The molecular formula is C18H22N4O4S. The molecule has 1 amide bonds. The lowest BCUT2D eigenvalue weighted by atomic mass is 10.2. The van der Waals surface area contributed by atoms with E-state index in [1.54, 1.807) is 35.8 Å². The van der Waals surface area contributed by atoms with Gasteiger partial charge in [0.15, 0.2) is 5.69 Å². The number of carbonyl (C=O) groups excluding carboxylic acids is 1. The molecule has 1 saturated heterocycles. The van der Waals surface area contributed by atoms with Gasteiger partial charge in [-0.3, -0.25) is 9.36 Å². The van der Waals surface area contributed by atoms with E-state index >= 15 is 0 Å². The lowest BCUT2D eigenvalue weighted by Gasteiger charge is -2.18. The van der Waals surface area contributed by atoms with Gasteiger partial charge >= 0.3 is 0 Å². The monoisotopic (exact) mass is 390 g/mol. The molecule has 1 unspecified atom stereocenters. The fraction of sp³-hybridized carbons (Fsp3) is 0.444. The van der Waals surface area contributed by atoms with Gasteiger partial charge in [-0.25, -0.2) is 13.4 Å². The van der Waals surface area contributed by atoms with Crippen LogP contribution in [0.1, 0.15) is 35.9 Å². The molecule has 2 aromatic rings. The van der Waals surface area contributed by atoms with Gasteiger partial charge in [0.1, 0.15) is 11.2 Å². The molecule has 2 aliphatic heterocycles. The zero-order chi connectivity index (χ0) is 19.0. The summed E-state index contributed by atoms with van der Waals surface area (Å²) in [6, 6.07) is 6.78. The topological polar surface area (TPSA) is 93.5 Å². The normalized spacial score (nSPS) is 21.3. The maximum Gasteiger partial charge on any atom is 0.271 e. The first-order valence-electron chi connectivity index (χ1n) is 9.08. The fourth-order valence-electron chi connectivity index (χ4n) is 3.56. The minimum atomic E-state index is -3.64. The Morgan fingerprint density at radius 2 is 2.19 bits per heavy atom. The Kier molecular flexibility index (Phi) is 4.75. The van der Waals surface area contributed by atoms with Gasteiger partial charge in [-0.2, -0.15) is 4.31 Å². The first-order valence-corrected chi connectivity index (χ1v) is 10.5. The number of hydrogen-bond acceptors (Lipinski definition) is 5. The van der Waals surface area contributed by atoms with Crippen LogP contribution in [0.25, 0.3) is 5.69 Å². The number of benzene rings is 1. The van der Waals surface area contributed by atoms with Gasteiger partial charge in [0.05, 0.1) is 24.0 Å². The summed E-state index contributed by atoms with van der Waals surface area (Å²) in [4.78, 5) is 17.2. The van der Waals surface area contributed by atoms with Crippen molar-refractivity contribution in [2.45, 2.75) is 37.3 Å². The number of hydrogen-bond donors (Lipinski definition) is 1. The third-order valence-corrected chi connectivity index (χ3v) is 6.99. The van der Waals surface area contributed by atoms with Gasteiger partial charge in [0.2, 0.25) is 10.0 Å². The van der Waals surface area contributed by atoms with E-state index in [0.29, 0.717) is 24.5 Å². The highest BCUT2D eigenvalue weighted by Gasteiger charge is 2.34. The van der Waals surface area contributed by atoms with Crippen LogP contribution in [0.2, 0.25) is 0 Å². The molecule has 0 saturated carbocycles. The summed E-state index contributed by atoms with van der Waals surface area (Å²) in [6.45, 7) is 3.33. The van der Waals surface area contributed by atoms with E-state index in [1.165, 1.54) is 10.6 Å². The van der Waals surface area contributed by atoms with E-state index < -0.39 is 10.0 Å². The third kappa shape index (κ3) is 3.15. The number of nitrogens with one attached hydrogen (secondary N) is 1. The summed E-state index contributed by atoms with van der Waals surface area (Å²) in [6.07, 6.45) is 3.48. The molecule has 1 atom stereocenters. The summed E-state index contributed by atoms with van der Waals surface area (Å²) < 4.78 is 34.6. The molecule has 1 N–H and O–H groups in total. The van der Waals surface area contributed by atoms with E-state index in [9.17, 15) is 13.2 Å². The first kappa shape index (κ1) is 18.1. The van der Waals surface area contributed by atoms with Gasteiger partial charge in [0, 0.05) is 19.7 Å². The van der Waals surface area contributed by atoms with Crippen LogP contribution in [0.3, 0.4) is 0 Å². The average Bonchev–Trinajstić information content (AvgIpc) is 3.32. The Morgan fingerprint density at radius 1 is 1.37 bits per heavy atom. The van der Waals surface area contributed by atoms with Gasteiger partial charge in [-0.15, -0.1) is 0 Å². The molecule has 0 aliphatic carbocycles. The van der Waals surface area contributed by atoms with Gasteiger partial charge in [0.25, 0.3) is 5.91 Å². The van der Waals surface area contributed by atoms with Crippen LogP contribution in [0, 0.1) is 0 Å². The molecule has 4 rings (SSSR count). The Bertz CT molecular complexity index is 963. The first-order chi connectivity index (χ1) is 13.0. The molecule has 1 aromatic heterocycles. The molecular weight excluding hydrogens is 368 g/mol. The van der Waals surface area contributed by atoms with Crippen molar-refractivity contribution < 1.29 is 17.9 Å². The Morgan fingerprint density at radius 3 is 2.93 bits per heavy atom. The van der Waals surface area contributed by atoms with Crippen LogP contribution in [0.4, 0.5) is 0 Å². The van der Waals surface area contributed by atoms with Gasteiger partial charge in [-0.1, -0.05) is 19.1 Å². The predicted octanol–water partition coefficient (Wildman–Crippen LogP) is 1.31. The molecule has 2 aliphatic rings. The largest absolute Gasteiger partial charge is 0.376 e. The number of amides is 1. The number of sulfonamides is 1. The summed E-state index contributed by atoms with van der Waals surface area (Å²) >= 11 is 0. The number of rotatable bonds is 4. The summed E-state index contributed by atoms with van der Waals surface area (Å²) in [5, 5.41) is 2.87. The van der Waals surface area contributed by atoms with Crippen LogP contribution in [-0.2, 0) is 21.3 Å². The molecule has 9 heteroatoms. The summed E-state index contributed by atoms with van der Waals surface area (Å²) in [5.41, 5.74) is 1.32. The number of nitrogens with zero attached hydrogens (tertiary/aromatic N) is 3. The molecule has 3 heterocycles. The zero-order valence-electron chi connectivity index (χ0n) is 15.1. The van der Waals surface area contributed by atoms with E-state index in [4.69, 9.17) is 4.74 Å². The van der Waals surface area contributed by atoms with E-state index in [2.05, 4.69) is 10.3 Å². The van der Waals surface area contributed by atoms with Crippen LogP contribution in [0.15, 0.2) is 35.5 Å². The number of aromatic nitrogens is 2. The maximum absolute atomic E-state index is 13.0. The average molecular weight is 390 g/mol. The molecule has 1 fully saturated rings. The molecule has 0 spiro atoms. The van der Waals surface area contributed by atoms with Crippen LogP contribution >= 0.6 is 0 Å². The van der Waals surface area contributed by atoms with Crippen molar-refractivity contribution >= 4 is 15.9 Å². The fourth-order valence-corrected chi connectivity index (χ4v) is 5.16. The van der Waals surface area contributed by atoms with Crippen molar-refractivity contribution in [3.63, 3.8) is 0 Å². The number of imidazole rings is 1. The van der Waals surface area contributed by atoms with Crippen molar-refractivity contribution in [2.24, 2.45) is 0 Å². The minimum Gasteiger partial charge on any atom is -0.376 e. The lowest BCUT2D eigenvalue weighted by Crippen LogP contribution is -2.34. The zero-order valence-corrected chi connectivity index (χ0v) is 15.9. The molecule has 1 aromatic carbocycles. The highest BCUT2D eigenvalue weighted by atomic mass is 32.2. The lowest BCUT2D eigenvalue weighted by molar-refractivity contribution is 0.0852. The molecule has 0 radical (unpaired) electrons. The highest BCUT2D eigenvalue weighted by Crippen LogP contribution is 2.30. The second-order valence-electron chi connectivity index (χ2n) is 6.65.